The highest BCUT2D eigenvalue weighted by atomic mass is 16.5. The van der Waals surface area contributed by atoms with Crippen molar-refractivity contribution in [1.82, 2.24) is 4.90 Å². The normalized spacial score (nSPS) is 12.6. The molecule has 0 radical (unpaired) electrons. The highest BCUT2D eigenvalue weighted by molar-refractivity contribution is 6.39. The van der Waals surface area contributed by atoms with Gasteiger partial charge in [0.2, 0.25) is 0 Å². The predicted octanol–water partition coefficient (Wildman–Crippen LogP) is 15.4. The molecule has 0 atom stereocenters. The molecular weight excluding hydrogens is 979 g/mol. The van der Waals surface area contributed by atoms with E-state index in [-0.39, 0.29) is 11.1 Å². The molecule has 9 heteroatoms. The summed E-state index contributed by atoms with van der Waals surface area (Å²) in [5.74, 6) is 13.2. The average Bonchev–Trinajstić information content (AvgIpc) is 3.59. The number of imide groups is 2. The summed E-state index contributed by atoms with van der Waals surface area (Å²) < 4.78 is 11.0. The molecule has 0 unspecified atom stereocenters. The monoisotopic (exact) mass is 1040 g/mol. The van der Waals surface area contributed by atoms with Crippen LogP contribution in [0, 0.1) is 65.2 Å². The minimum absolute atomic E-state index is 0.278. The lowest BCUT2D eigenvalue weighted by Crippen LogP contribution is -2.44. The molecule has 0 bridgehead atoms. The first kappa shape index (κ1) is 53.2. The molecule has 2 aliphatic heterocycles. The molecule has 79 heavy (non-hydrogen) atoms. The third-order valence-electron chi connectivity index (χ3n) is 15.2. The highest BCUT2D eigenvalue weighted by Crippen LogP contribution is 2.43. The number of hydrogen-bond donors (Lipinski definition) is 0. The number of unbranched alkanes of at least 4 members (excludes halogenated alkanes) is 5. The van der Waals surface area contributed by atoms with Crippen molar-refractivity contribution in [2.45, 2.75) is 87.0 Å². The molecule has 0 aliphatic carbocycles. The van der Waals surface area contributed by atoms with Gasteiger partial charge in [0.15, 0.2) is 0 Å². The minimum Gasteiger partial charge on any atom is -0.497 e. The first-order valence-electron chi connectivity index (χ1n) is 27.1. The second-order valence-corrected chi connectivity index (χ2v) is 20.8. The Morgan fingerprint density at radius 2 is 0.810 bits per heavy atom. The number of anilines is 4. The van der Waals surface area contributed by atoms with Gasteiger partial charge in [0.1, 0.15) is 11.5 Å². The van der Waals surface area contributed by atoms with Crippen LogP contribution in [-0.4, -0.2) is 49.3 Å². The lowest BCUT2D eigenvalue weighted by molar-refractivity contribution is 0.0606. The van der Waals surface area contributed by atoms with E-state index in [0.29, 0.717) is 45.3 Å². The van der Waals surface area contributed by atoms with Gasteiger partial charge in [-0.3, -0.25) is 24.1 Å². The van der Waals surface area contributed by atoms with E-state index in [9.17, 15) is 19.2 Å². The van der Waals surface area contributed by atoms with Crippen molar-refractivity contribution in [1.29, 1.82) is 0 Å². The number of benzene rings is 8. The Bertz CT molecular complexity index is 3730. The summed E-state index contributed by atoms with van der Waals surface area (Å²) in [7, 11) is 3.35. The van der Waals surface area contributed by atoms with Crippen LogP contribution < -0.4 is 19.3 Å². The molecule has 0 fully saturated rings. The van der Waals surface area contributed by atoms with Gasteiger partial charge in [-0.2, -0.15) is 0 Å². The van der Waals surface area contributed by atoms with Crippen LogP contribution >= 0.6 is 0 Å². The Morgan fingerprint density at radius 1 is 0.418 bits per heavy atom. The standard InChI is InChI=1S/C70H63N3O6/c1-10-11-12-13-14-15-35-71-67(74)58-31-33-60-65-61(34-32-59(64(58)65)68(71)75)70(77)73(69(60)76)66-47(6)38-52(39-48(66)7)22-20-50-18-16-17-49(42-50)19-21-51-36-43(2)62(44(3)37-51)63-45(4)40-55(41-46(63)5)72(53-23-27-56(78-8)28-24-53)54-25-29-57(79-9)30-26-54/h16-18,23-34,36-42H,10-15,35H2,1-9H3. The van der Waals surface area contributed by atoms with E-state index in [1.165, 1.54) is 27.3 Å². The van der Waals surface area contributed by atoms with Gasteiger partial charge in [-0.15, -0.1) is 0 Å². The quantitative estimate of drug-likeness (QED) is 0.0608. The van der Waals surface area contributed by atoms with Gasteiger partial charge in [-0.1, -0.05) is 68.8 Å². The maximum Gasteiger partial charge on any atom is 0.266 e. The molecule has 0 N–H and O–H groups in total. The van der Waals surface area contributed by atoms with E-state index < -0.39 is 23.6 Å². The molecule has 2 aliphatic rings. The zero-order valence-corrected chi connectivity index (χ0v) is 46.4. The largest absolute Gasteiger partial charge is 0.497 e. The molecule has 4 amide bonds. The topological polar surface area (TPSA) is 96.5 Å². The second-order valence-electron chi connectivity index (χ2n) is 20.8. The van der Waals surface area contributed by atoms with Crippen LogP contribution in [0.25, 0.3) is 21.9 Å². The van der Waals surface area contributed by atoms with Gasteiger partial charge in [-0.25, -0.2) is 4.90 Å². The van der Waals surface area contributed by atoms with Crippen LogP contribution in [0.2, 0.25) is 0 Å². The lowest BCUT2D eigenvalue weighted by Gasteiger charge is -2.33. The lowest BCUT2D eigenvalue weighted by atomic mass is 9.85. The summed E-state index contributed by atoms with van der Waals surface area (Å²) in [6, 6.07) is 43.1. The van der Waals surface area contributed by atoms with Gasteiger partial charge in [0, 0.05) is 78.9 Å². The number of ether oxygens (including phenoxy) is 2. The third-order valence-corrected chi connectivity index (χ3v) is 15.2. The van der Waals surface area contributed by atoms with Crippen LogP contribution in [-0.2, 0) is 0 Å². The molecule has 9 nitrogen and oxygen atoms in total. The van der Waals surface area contributed by atoms with Crippen LogP contribution in [0.4, 0.5) is 22.7 Å². The van der Waals surface area contributed by atoms with Crippen molar-refractivity contribution in [2.75, 3.05) is 30.6 Å². The number of aryl methyl sites for hydroxylation is 6. The van der Waals surface area contributed by atoms with E-state index in [1.54, 1.807) is 38.5 Å². The summed E-state index contributed by atoms with van der Waals surface area (Å²) in [4.78, 5) is 61.3. The molecular formula is C70H63N3O6. The highest BCUT2D eigenvalue weighted by Gasteiger charge is 2.41. The SMILES string of the molecule is CCCCCCCCN1C(=O)c2ccc3c4c(ccc(c24)C1=O)C(=O)N(c1c(C)cc(C#Cc2cccc(C#Cc4cc(C)c(-c5c(C)cc(N(c6ccc(OC)cc6)c6ccc(OC)cc6)cc5C)c(C)c4)c2)cc1C)C3=O. The van der Waals surface area contributed by atoms with Gasteiger partial charge in [0.05, 0.1) is 19.9 Å². The summed E-state index contributed by atoms with van der Waals surface area (Å²) in [6.45, 7) is 14.9. The average molecular weight is 1040 g/mol. The molecule has 0 spiro atoms. The molecule has 2 heterocycles. The van der Waals surface area contributed by atoms with Gasteiger partial charge in [0.25, 0.3) is 23.6 Å². The fourth-order valence-corrected chi connectivity index (χ4v) is 11.5. The van der Waals surface area contributed by atoms with Crippen molar-refractivity contribution in [3.05, 3.63) is 211 Å². The van der Waals surface area contributed by atoms with Crippen LogP contribution in [0.15, 0.2) is 133 Å². The van der Waals surface area contributed by atoms with E-state index in [4.69, 9.17) is 9.47 Å². The number of amides is 4. The van der Waals surface area contributed by atoms with Crippen molar-refractivity contribution < 1.29 is 28.7 Å². The zero-order valence-electron chi connectivity index (χ0n) is 46.4. The predicted molar refractivity (Wildman–Crippen MR) is 317 cm³/mol. The van der Waals surface area contributed by atoms with Crippen molar-refractivity contribution >= 4 is 57.2 Å². The summed E-state index contributed by atoms with van der Waals surface area (Å²) >= 11 is 0. The number of carbonyl (C=O) groups is 4. The molecule has 10 rings (SSSR count). The van der Waals surface area contributed by atoms with Crippen molar-refractivity contribution in [2.24, 2.45) is 0 Å². The maximum absolute atomic E-state index is 14.4. The van der Waals surface area contributed by atoms with Crippen molar-refractivity contribution in [3.8, 4) is 46.3 Å². The Kier molecular flexibility index (Phi) is 15.1. The van der Waals surface area contributed by atoms with Crippen LogP contribution in [0.3, 0.4) is 0 Å². The number of nitrogens with zero attached hydrogens (tertiary/aromatic N) is 3. The first-order valence-corrected chi connectivity index (χ1v) is 27.1. The Balaban J connectivity index is 0.860. The number of hydrogen-bond acceptors (Lipinski definition) is 7. The van der Waals surface area contributed by atoms with Gasteiger partial charge < -0.3 is 14.4 Å². The fourth-order valence-electron chi connectivity index (χ4n) is 11.5. The first-order chi connectivity index (χ1) is 38.2. The smallest absolute Gasteiger partial charge is 0.266 e. The number of rotatable bonds is 14. The number of methoxy groups -OCH3 is 2. The maximum atomic E-state index is 14.4. The molecule has 0 saturated heterocycles. The molecule has 0 aromatic heterocycles. The Hall–Kier alpha value is -9.18. The van der Waals surface area contributed by atoms with E-state index in [0.717, 1.165) is 105 Å². The third kappa shape index (κ3) is 10.3. The zero-order chi connectivity index (χ0) is 55.6. The Morgan fingerprint density at radius 3 is 1.25 bits per heavy atom. The van der Waals surface area contributed by atoms with E-state index in [2.05, 4.69) is 112 Å². The minimum atomic E-state index is -0.505. The van der Waals surface area contributed by atoms with E-state index >= 15 is 0 Å². The molecule has 0 saturated carbocycles. The Labute approximate surface area is 463 Å². The second kappa shape index (κ2) is 22.4. The van der Waals surface area contributed by atoms with Crippen LogP contribution in [0.5, 0.6) is 11.5 Å². The summed E-state index contributed by atoms with van der Waals surface area (Å²) in [5, 5.41) is 0.738. The number of carbonyl (C=O) groups excluding carboxylic acids is 4. The molecule has 8 aromatic carbocycles. The molecule has 8 aromatic rings. The van der Waals surface area contributed by atoms with Crippen LogP contribution in [0.1, 0.15) is 143 Å². The van der Waals surface area contributed by atoms with Crippen molar-refractivity contribution in [3.63, 3.8) is 0 Å². The van der Waals surface area contributed by atoms with E-state index in [1.807, 2.05) is 74.5 Å². The summed E-state index contributed by atoms with van der Waals surface area (Å²) in [6.07, 6.45) is 6.16. The fraction of sp³-hybridized carbons (Fsp3) is 0.229. The molecule has 394 valence electrons. The van der Waals surface area contributed by atoms with Gasteiger partial charge >= 0.3 is 0 Å². The van der Waals surface area contributed by atoms with Gasteiger partial charge in [-0.05, 0) is 220 Å². The summed E-state index contributed by atoms with van der Waals surface area (Å²) in [5.41, 5.74) is 16.5.